The van der Waals surface area contributed by atoms with E-state index in [0.29, 0.717) is 17.5 Å². The van der Waals surface area contributed by atoms with Gasteiger partial charge in [-0.15, -0.1) is 0 Å². The molecule has 0 amide bonds. The molecule has 2 aromatic heterocycles. The van der Waals surface area contributed by atoms with Gasteiger partial charge >= 0.3 is 0 Å². The van der Waals surface area contributed by atoms with Crippen LogP contribution in [0.3, 0.4) is 0 Å². The summed E-state index contributed by atoms with van der Waals surface area (Å²) in [5.74, 6) is 1.95. The lowest BCUT2D eigenvalue weighted by molar-refractivity contribution is 0.660. The minimum Gasteiger partial charge on any atom is -0.456 e. The van der Waals surface area contributed by atoms with E-state index < -0.39 is 0 Å². The van der Waals surface area contributed by atoms with Crippen molar-refractivity contribution in [2.75, 3.05) is 0 Å². The summed E-state index contributed by atoms with van der Waals surface area (Å²) >= 11 is 0. The van der Waals surface area contributed by atoms with E-state index in [0.717, 1.165) is 49.8 Å². The molecular weight excluding hydrogens is 743 g/mol. The van der Waals surface area contributed by atoms with Crippen LogP contribution in [-0.4, -0.2) is 15.0 Å². The summed E-state index contributed by atoms with van der Waals surface area (Å²) in [5, 5.41) is 2.23. The highest BCUT2D eigenvalue weighted by Crippen LogP contribution is 2.52. The van der Waals surface area contributed by atoms with E-state index in [1.807, 2.05) is 0 Å². The lowest BCUT2D eigenvalue weighted by Gasteiger charge is -2.22. The molecule has 0 radical (unpaired) electrons. The van der Waals surface area contributed by atoms with E-state index >= 15 is 0 Å². The third-order valence-electron chi connectivity index (χ3n) is 13.4. The monoisotopic (exact) mass is 783 g/mol. The Morgan fingerprint density at radius 2 is 0.885 bits per heavy atom. The van der Waals surface area contributed by atoms with Gasteiger partial charge in [0.25, 0.3) is 0 Å². The number of aromatic nitrogens is 3. The molecule has 4 heteroatoms. The molecule has 2 aliphatic carbocycles. The normalized spacial score (nSPS) is 14.2. The van der Waals surface area contributed by atoms with Crippen LogP contribution in [0.5, 0.6) is 0 Å². The van der Waals surface area contributed by atoms with Crippen LogP contribution in [-0.2, 0) is 10.8 Å². The number of hydrogen-bond acceptors (Lipinski definition) is 4. The fourth-order valence-corrected chi connectivity index (χ4v) is 10.2. The van der Waals surface area contributed by atoms with Gasteiger partial charge in [-0.3, -0.25) is 0 Å². The highest BCUT2D eigenvalue weighted by atomic mass is 16.3. The lowest BCUT2D eigenvalue weighted by atomic mass is 9.82. The van der Waals surface area contributed by atoms with Gasteiger partial charge in [0.2, 0.25) is 0 Å². The van der Waals surface area contributed by atoms with Crippen molar-refractivity contribution in [2.24, 2.45) is 0 Å². The second-order valence-electron chi connectivity index (χ2n) is 17.6. The van der Waals surface area contributed by atoms with Crippen molar-refractivity contribution >= 4 is 21.9 Å². The summed E-state index contributed by atoms with van der Waals surface area (Å²) in [7, 11) is 0. The van der Waals surface area contributed by atoms with E-state index in [2.05, 4.69) is 204 Å². The average Bonchev–Trinajstić information content (AvgIpc) is 3.88. The first kappa shape index (κ1) is 35.5. The Bertz CT molecular complexity index is 3430. The van der Waals surface area contributed by atoms with Crippen molar-refractivity contribution < 1.29 is 4.42 Å². The molecular formula is C57H41N3O. The summed E-state index contributed by atoms with van der Waals surface area (Å²) in [6.45, 7) is 9.25. The molecule has 2 heterocycles. The molecule has 290 valence electrons. The first-order valence-electron chi connectivity index (χ1n) is 21.1. The van der Waals surface area contributed by atoms with E-state index in [9.17, 15) is 0 Å². The molecule has 10 aromatic rings. The minimum absolute atomic E-state index is 0.153. The van der Waals surface area contributed by atoms with Crippen molar-refractivity contribution in [3.63, 3.8) is 0 Å². The maximum atomic E-state index is 6.53. The van der Waals surface area contributed by atoms with Gasteiger partial charge in [0.1, 0.15) is 11.2 Å². The van der Waals surface area contributed by atoms with Crippen LogP contribution in [0.1, 0.15) is 49.9 Å². The largest absolute Gasteiger partial charge is 0.456 e. The van der Waals surface area contributed by atoms with Crippen LogP contribution in [0, 0.1) is 0 Å². The number of furan rings is 1. The zero-order valence-electron chi connectivity index (χ0n) is 34.5. The lowest BCUT2D eigenvalue weighted by Crippen LogP contribution is -2.15. The van der Waals surface area contributed by atoms with Gasteiger partial charge in [-0.1, -0.05) is 173 Å². The summed E-state index contributed by atoms with van der Waals surface area (Å²) in [5.41, 5.74) is 19.0. The van der Waals surface area contributed by atoms with E-state index in [4.69, 9.17) is 19.4 Å². The zero-order chi connectivity index (χ0) is 41.0. The molecule has 12 rings (SSSR count). The van der Waals surface area contributed by atoms with Gasteiger partial charge < -0.3 is 4.42 Å². The van der Waals surface area contributed by atoms with Crippen LogP contribution < -0.4 is 0 Å². The van der Waals surface area contributed by atoms with E-state index in [1.165, 1.54) is 55.6 Å². The van der Waals surface area contributed by atoms with Crippen molar-refractivity contribution in [1.82, 2.24) is 15.0 Å². The molecule has 4 nitrogen and oxygen atoms in total. The number of nitrogens with zero attached hydrogens (tertiary/aromatic N) is 3. The molecule has 0 bridgehead atoms. The standard InChI is InChI=1S/C57H41N3O/c1-56(2)46-24-11-9-20-42(46)51-44(22-13-25-47(51)56)55-59-53(58-54(60-55)38-28-29-41-40-19-8-10-23-45(40)57(3,4)48(41)32-38)37-18-12-17-35(31-37)36-27-30-43-50(33-36)61-49-26-14-21-39(52(43)49)34-15-6-5-7-16-34/h5-33H,1-4H3. The molecule has 0 fully saturated rings. The molecule has 0 saturated carbocycles. The zero-order valence-corrected chi connectivity index (χ0v) is 34.5. The van der Waals surface area contributed by atoms with Gasteiger partial charge in [0.15, 0.2) is 17.5 Å². The summed E-state index contributed by atoms with van der Waals surface area (Å²) in [6, 6.07) is 62.7. The third kappa shape index (κ3) is 5.35. The number of hydrogen-bond donors (Lipinski definition) is 0. The van der Waals surface area contributed by atoms with Crippen molar-refractivity contribution in [1.29, 1.82) is 0 Å². The predicted octanol–water partition coefficient (Wildman–Crippen LogP) is 14.7. The van der Waals surface area contributed by atoms with Crippen molar-refractivity contribution in [2.45, 2.75) is 38.5 Å². The number of benzene rings is 8. The van der Waals surface area contributed by atoms with Gasteiger partial charge in [0.05, 0.1) is 0 Å². The SMILES string of the molecule is CC1(C)c2ccccc2-c2ccc(-c3nc(-c4cccc(-c5ccc6c(c5)oc5cccc(-c7ccccc7)c56)c4)nc(-c4cccc5c4-c4ccccc4C5(C)C)n3)cc21. The third-order valence-corrected chi connectivity index (χ3v) is 13.4. The van der Waals surface area contributed by atoms with Crippen LogP contribution >= 0.6 is 0 Å². The fraction of sp³-hybridized carbons (Fsp3) is 0.105. The molecule has 0 atom stereocenters. The molecule has 61 heavy (non-hydrogen) atoms. The maximum Gasteiger partial charge on any atom is 0.164 e. The Balaban J connectivity index is 1.02. The molecule has 0 spiro atoms. The first-order chi connectivity index (χ1) is 29.7. The predicted molar refractivity (Wildman–Crippen MR) is 249 cm³/mol. The van der Waals surface area contributed by atoms with Crippen molar-refractivity contribution in [3.05, 3.63) is 198 Å². The Hall–Kier alpha value is -7.43. The average molecular weight is 784 g/mol. The summed E-state index contributed by atoms with van der Waals surface area (Å²) < 4.78 is 6.53. The van der Waals surface area contributed by atoms with Crippen LogP contribution in [0.25, 0.3) is 101 Å². The second kappa shape index (κ2) is 13.0. The summed E-state index contributed by atoms with van der Waals surface area (Å²) in [4.78, 5) is 16.0. The quantitative estimate of drug-likeness (QED) is 0.174. The van der Waals surface area contributed by atoms with Gasteiger partial charge in [-0.05, 0) is 97.1 Å². The topological polar surface area (TPSA) is 51.8 Å². The highest BCUT2D eigenvalue weighted by Gasteiger charge is 2.38. The van der Waals surface area contributed by atoms with E-state index in [-0.39, 0.29) is 10.8 Å². The van der Waals surface area contributed by atoms with Gasteiger partial charge in [0, 0.05) is 38.3 Å². The van der Waals surface area contributed by atoms with Crippen LogP contribution in [0.4, 0.5) is 0 Å². The smallest absolute Gasteiger partial charge is 0.164 e. The first-order valence-corrected chi connectivity index (χ1v) is 21.1. The molecule has 0 unspecified atom stereocenters. The Kier molecular flexibility index (Phi) is 7.59. The van der Waals surface area contributed by atoms with Crippen molar-refractivity contribution in [3.8, 4) is 78.7 Å². The van der Waals surface area contributed by atoms with Crippen LogP contribution in [0.15, 0.2) is 180 Å². The number of rotatable bonds is 5. The molecule has 2 aliphatic rings. The van der Waals surface area contributed by atoms with E-state index in [1.54, 1.807) is 0 Å². The Labute approximate surface area is 355 Å². The molecule has 0 N–H and O–H groups in total. The molecule has 0 saturated heterocycles. The number of fused-ring (bicyclic) bond motifs is 9. The minimum atomic E-state index is -0.158. The van der Waals surface area contributed by atoms with Gasteiger partial charge in [-0.2, -0.15) is 0 Å². The Morgan fingerprint density at radius 3 is 1.70 bits per heavy atom. The maximum absolute atomic E-state index is 6.53. The van der Waals surface area contributed by atoms with Gasteiger partial charge in [-0.25, -0.2) is 15.0 Å². The second-order valence-corrected chi connectivity index (χ2v) is 17.6. The molecule has 8 aromatic carbocycles. The van der Waals surface area contributed by atoms with Crippen LogP contribution in [0.2, 0.25) is 0 Å². The highest BCUT2D eigenvalue weighted by molar-refractivity contribution is 6.13. The fourth-order valence-electron chi connectivity index (χ4n) is 10.2. The summed E-state index contributed by atoms with van der Waals surface area (Å²) in [6.07, 6.45) is 0. The molecule has 0 aliphatic heterocycles. The Morgan fingerprint density at radius 1 is 0.344 bits per heavy atom.